The summed E-state index contributed by atoms with van der Waals surface area (Å²) in [7, 11) is 0. The summed E-state index contributed by atoms with van der Waals surface area (Å²) in [4.78, 5) is 0. The molecular weight excluding hydrogens is 319 g/mol. The topological polar surface area (TPSA) is 35.8 Å². The Bertz CT molecular complexity index is 677. The van der Waals surface area contributed by atoms with Crippen molar-refractivity contribution in [2.75, 3.05) is 5.32 Å². The van der Waals surface area contributed by atoms with Gasteiger partial charge in [0.1, 0.15) is 5.82 Å². The first kappa shape index (κ1) is 14.5. The normalized spacial score (nSPS) is 11.8. The average Bonchev–Trinajstić information content (AvgIpc) is 2.43. The van der Waals surface area contributed by atoms with E-state index in [1.807, 2.05) is 37.3 Å². The summed E-state index contributed by atoms with van der Waals surface area (Å²) in [6.45, 7) is 3.70. The van der Waals surface area contributed by atoms with E-state index < -0.39 is 0 Å². The Kier molecular flexibility index (Phi) is 4.41. The molecule has 20 heavy (non-hydrogen) atoms. The highest BCUT2D eigenvalue weighted by Crippen LogP contribution is 2.26. The van der Waals surface area contributed by atoms with Crippen LogP contribution in [0.1, 0.15) is 29.7 Å². The highest BCUT2D eigenvalue weighted by molar-refractivity contribution is 9.10. The van der Waals surface area contributed by atoms with Crippen LogP contribution >= 0.6 is 15.9 Å². The summed E-state index contributed by atoms with van der Waals surface area (Å²) in [5.74, 6) is -0.368. The van der Waals surface area contributed by atoms with Crippen molar-refractivity contribution in [1.29, 1.82) is 5.26 Å². The minimum atomic E-state index is -0.368. The molecule has 0 spiro atoms. The third kappa shape index (κ3) is 3.17. The van der Waals surface area contributed by atoms with Gasteiger partial charge in [-0.25, -0.2) is 4.39 Å². The number of halogens is 2. The summed E-state index contributed by atoms with van der Waals surface area (Å²) in [6, 6.07) is 12.8. The van der Waals surface area contributed by atoms with Crippen LogP contribution in [0.5, 0.6) is 0 Å². The number of nitriles is 1. The Morgan fingerprint density at radius 1 is 1.30 bits per heavy atom. The Morgan fingerprint density at radius 3 is 2.70 bits per heavy atom. The zero-order valence-electron chi connectivity index (χ0n) is 11.2. The molecule has 0 fully saturated rings. The SMILES string of the molecule is Cc1c(F)cc(C#N)cc1NC(C)c1cccc(Br)c1. The van der Waals surface area contributed by atoms with E-state index in [1.165, 1.54) is 6.07 Å². The molecular formula is C16H14BrFN2. The van der Waals surface area contributed by atoms with Gasteiger partial charge in [-0.1, -0.05) is 28.1 Å². The van der Waals surface area contributed by atoms with E-state index in [2.05, 4.69) is 21.2 Å². The average molecular weight is 333 g/mol. The van der Waals surface area contributed by atoms with Crippen LogP contribution in [-0.4, -0.2) is 0 Å². The van der Waals surface area contributed by atoms with Crippen molar-refractivity contribution in [2.24, 2.45) is 0 Å². The van der Waals surface area contributed by atoms with Crippen LogP contribution in [0.3, 0.4) is 0 Å². The van der Waals surface area contributed by atoms with Gasteiger partial charge in [0.25, 0.3) is 0 Å². The molecule has 0 heterocycles. The lowest BCUT2D eigenvalue weighted by Crippen LogP contribution is -2.08. The first-order valence-electron chi connectivity index (χ1n) is 6.23. The van der Waals surface area contributed by atoms with Crippen LogP contribution in [-0.2, 0) is 0 Å². The molecule has 0 amide bonds. The van der Waals surface area contributed by atoms with Crippen molar-refractivity contribution < 1.29 is 4.39 Å². The van der Waals surface area contributed by atoms with E-state index in [0.717, 1.165) is 10.0 Å². The summed E-state index contributed by atoms with van der Waals surface area (Å²) >= 11 is 3.43. The van der Waals surface area contributed by atoms with Crippen molar-refractivity contribution >= 4 is 21.6 Å². The van der Waals surface area contributed by atoms with Gasteiger partial charge in [-0.3, -0.25) is 0 Å². The standard InChI is InChI=1S/C16H14BrFN2/c1-10-15(18)6-12(9-19)7-16(10)20-11(2)13-4-3-5-14(17)8-13/h3-8,11,20H,1-2H3. The Morgan fingerprint density at radius 2 is 2.05 bits per heavy atom. The lowest BCUT2D eigenvalue weighted by Gasteiger charge is -2.18. The maximum atomic E-state index is 13.7. The van der Waals surface area contributed by atoms with E-state index in [9.17, 15) is 4.39 Å². The molecule has 0 saturated heterocycles. The fourth-order valence-electron chi connectivity index (χ4n) is 1.99. The van der Waals surface area contributed by atoms with Crippen molar-refractivity contribution in [1.82, 2.24) is 0 Å². The molecule has 0 aliphatic heterocycles. The number of benzene rings is 2. The lowest BCUT2D eigenvalue weighted by molar-refractivity contribution is 0.618. The molecule has 2 aromatic rings. The summed E-state index contributed by atoms with van der Waals surface area (Å²) < 4.78 is 14.7. The largest absolute Gasteiger partial charge is 0.378 e. The first-order valence-corrected chi connectivity index (χ1v) is 7.03. The van der Waals surface area contributed by atoms with Crippen LogP contribution in [0.15, 0.2) is 40.9 Å². The van der Waals surface area contributed by atoms with Crippen LogP contribution in [0.2, 0.25) is 0 Å². The van der Waals surface area contributed by atoms with Gasteiger partial charge in [-0.2, -0.15) is 5.26 Å². The third-order valence-corrected chi connectivity index (χ3v) is 3.69. The molecule has 102 valence electrons. The van der Waals surface area contributed by atoms with Gasteiger partial charge in [-0.05, 0) is 43.7 Å². The second kappa shape index (κ2) is 6.06. The number of hydrogen-bond donors (Lipinski definition) is 1. The van der Waals surface area contributed by atoms with Gasteiger partial charge in [0, 0.05) is 21.8 Å². The zero-order chi connectivity index (χ0) is 14.7. The predicted octanol–water partition coefficient (Wildman–Crippen LogP) is 4.94. The Hall–Kier alpha value is -1.86. The second-order valence-corrected chi connectivity index (χ2v) is 5.58. The molecule has 0 radical (unpaired) electrons. The maximum absolute atomic E-state index is 13.7. The van der Waals surface area contributed by atoms with E-state index >= 15 is 0 Å². The Balaban J connectivity index is 2.30. The molecule has 1 N–H and O–H groups in total. The number of nitrogens with one attached hydrogen (secondary N) is 1. The molecule has 2 aromatic carbocycles. The molecule has 2 nitrogen and oxygen atoms in total. The van der Waals surface area contributed by atoms with Crippen LogP contribution in [0.25, 0.3) is 0 Å². The summed E-state index contributed by atoms with van der Waals surface area (Å²) in [6.07, 6.45) is 0. The van der Waals surface area contributed by atoms with Crippen LogP contribution < -0.4 is 5.32 Å². The molecule has 0 saturated carbocycles. The second-order valence-electron chi connectivity index (χ2n) is 4.66. The van der Waals surface area contributed by atoms with E-state index in [0.29, 0.717) is 16.8 Å². The van der Waals surface area contributed by atoms with Crippen molar-refractivity contribution in [3.63, 3.8) is 0 Å². The van der Waals surface area contributed by atoms with Crippen molar-refractivity contribution in [2.45, 2.75) is 19.9 Å². The van der Waals surface area contributed by atoms with Crippen LogP contribution in [0, 0.1) is 24.1 Å². The van der Waals surface area contributed by atoms with Crippen molar-refractivity contribution in [3.05, 3.63) is 63.4 Å². The fourth-order valence-corrected chi connectivity index (χ4v) is 2.40. The minimum Gasteiger partial charge on any atom is -0.378 e. The molecule has 4 heteroatoms. The number of hydrogen-bond acceptors (Lipinski definition) is 2. The smallest absolute Gasteiger partial charge is 0.129 e. The van der Waals surface area contributed by atoms with Gasteiger partial charge in [0.05, 0.1) is 11.6 Å². The minimum absolute atomic E-state index is 0.0135. The van der Waals surface area contributed by atoms with Gasteiger partial charge in [0.15, 0.2) is 0 Å². The summed E-state index contributed by atoms with van der Waals surface area (Å²) in [5.41, 5.74) is 2.57. The third-order valence-electron chi connectivity index (χ3n) is 3.19. The monoisotopic (exact) mass is 332 g/mol. The van der Waals surface area contributed by atoms with Gasteiger partial charge < -0.3 is 5.32 Å². The molecule has 0 bridgehead atoms. The summed E-state index contributed by atoms with van der Waals surface area (Å²) in [5, 5.41) is 12.2. The van der Waals surface area contributed by atoms with Gasteiger partial charge in [0.2, 0.25) is 0 Å². The zero-order valence-corrected chi connectivity index (χ0v) is 12.8. The fraction of sp³-hybridized carbons (Fsp3) is 0.188. The lowest BCUT2D eigenvalue weighted by atomic mass is 10.1. The molecule has 1 unspecified atom stereocenters. The van der Waals surface area contributed by atoms with Crippen LogP contribution in [0.4, 0.5) is 10.1 Å². The molecule has 1 atom stereocenters. The molecule has 0 aliphatic rings. The van der Waals surface area contributed by atoms with E-state index in [-0.39, 0.29) is 11.9 Å². The maximum Gasteiger partial charge on any atom is 0.129 e. The first-order chi connectivity index (χ1) is 9.51. The van der Waals surface area contributed by atoms with E-state index in [1.54, 1.807) is 13.0 Å². The highest BCUT2D eigenvalue weighted by Gasteiger charge is 2.11. The Labute approximate surface area is 126 Å². The van der Waals surface area contributed by atoms with Gasteiger partial charge >= 0.3 is 0 Å². The number of rotatable bonds is 3. The number of anilines is 1. The molecule has 0 aromatic heterocycles. The molecule has 2 rings (SSSR count). The van der Waals surface area contributed by atoms with Crippen molar-refractivity contribution in [3.8, 4) is 6.07 Å². The molecule has 0 aliphatic carbocycles. The van der Waals surface area contributed by atoms with Gasteiger partial charge in [-0.15, -0.1) is 0 Å². The predicted molar refractivity (Wildman–Crippen MR) is 82.0 cm³/mol. The highest BCUT2D eigenvalue weighted by atomic mass is 79.9. The quantitative estimate of drug-likeness (QED) is 0.863. The van der Waals surface area contributed by atoms with E-state index in [4.69, 9.17) is 5.26 Å². The number of nitrogens with zero attached hydrogens (tertiary/aromatic N) is 1.